The van der Waals surface area contributed by atoms with E-state index in [-0.39, 0.29) is 30.3 Å². The topological polar surface area (TPSA) is 43.8 Å². The minimum absolute atomic E-state index is 0.0530. The first-order valence-corrected chi connectivity index (χ1v) is 8.08. The van der Waals surface area contributed by atoms with Crippen LogP contribution in [-0.2, 0) is 11.2 Å². The molecule has 0 aromatic heterocycles. The predicted molar refractivity (Wildman–Crippen MR) is 81.9 cm³/mol. The lowest BCUT2D eigenvalue weighted by atomic mass is 10.1. The largest absolute Gasteiger partial charge is 0.391 e. The molecule has 1 saturated heterocycles. The highest BCUT2D eigenvalue weighted by Crippen LogP contribution is 2.25. The van der Waals surface area contributed by atoms with Gasteiger partial charge in [-0.25, -0.2) is 4.39 Å². The maximum absolute atomic E-state index is 13.2. The highest BCUT2D eigenvalue weighted by Gasteiger charge is 2.33. The molecule has 0 spiro atoms. The second-order valence-corrected chi connectivity index (χ2v) is 6.29. The summed E-state index contributed by atoms with van der Waals surface area (Å²) in [5, 5.41) is 9.98. The van der Waals surface area contributed by atoms with Gasteiger partial charge in [-0.05, 0) is 37.0 Å². The number of aliphatic hydroxyl groups excluding tert-OH is 1. The zero-order valence-corrected chi connectivity index (χ0v) is 12.7. The van der Waals surface area contributed by atoms with Crippen molar-refractivity contribution in [1.29, 1.82) is 0 Å². The molecule has 5 heteroatoms. The molecule has 2 aliphatic rings. The second-order valence-electron chi connectivity index (χ2n) is 6.29. The molecule has 2 fully saturated rings. The predicted octanol–water partition coefficient (Wildman–Crippen LogP) is 1.43. The number of nitrogens with zero attached hydrogens (tertiary/aromatic N) is 2. The van der Waals surface area contributed by atoms with E-state index in [4.69, 9.17) is 0 Å². The summed E-state index contributed by atoms with van der Waals surface area (Å²) in [6.45, 7) is 3.02. The summed E-state index contributed by atoms with van der Waals surface area (Å²) in [5.74, 6) is -0.248. The summed E-state index contributed by atoms with van der Waals surface area (Å²) < 4.78 is 13.2. The van der Waals surface area contributed by atoms with E-state index in [1.807, 2.05) is 4.90 Å². The molecular formula is C17H23FN2O2. The molecule has 1 amide bonds. The van der Waals surface area contributed by atoms with Gasteiger partial charge in [0.05, 0.1) is 12.5 Å². The van der Waals surface area contributed by atoms with Crippen LogP contribution in [0.15, 0.2) is 24.3 Å². The molecule has 1 aliphatic heterocycles. The van der Waals surface area contributed by atoms with Gasteiger partial charge in [-0.3, -0.25) is 9.69 Å². The lowest BCUT2D eigenvalue weighted by Gasteiger charge is -2.39. The zero-order valence-electron chi connectivity index (χ0n) is 12.7. The number of hydrogen-bond donors (Lipinski definition) is 1. The SMILES string of the molecule is O=C(Cc1cccc(F)c1)N1CCN([C@@H]2CCC[C@H]2O)CC1. The molecule has 22 heavy (non-hydrogen) atoms. The van der Waals surface area contributed by atoms with Crippen LogP contribution in [0.25, 0.3) is 0 Å². The third-order valence-electron chi connectivity index (χ3n) is 4.82. The maximum Gasteiger partial charge on any atom is 0.227 e. The summed E-state index contributed by atoms with van der Waals surface area (Å²) in [4.78, 5) is 16.5. The Kier molecular flexibility index (Phi) is 4.74. The van der Waals surface area contributed by atoms with Crippen molar-refractivity contribution in [2.75, 3.05) is 26.2 Å². The van der Waals surface area contributed by atoms with Crippen LogP contribution in [0.2, 0.25) is 0 Å². The molecule has 1 aromatic rings. The number of aliphatic hydroxyl groups is 1. The molecule has 1 aliphatic carbocycles. The van der Waals surface area contributed by atoms with Crippen molar-refractivity contribution in [2.45, 2.75) is 37.8 Å². The van der Waals surface area contributed by atoms with E-state index < -0.39 is 0 Å². The van der Waals surface area contributed by atoms with Crippen molar-refractivity contribution in [2.24, 2.45) is 0 Å². The molecule has 0 radical (unpaired) electrons. The number of hydrogen-bond acceptors (Lipinski definition) is 3. The third kappa shape index (κ3) is 3.47. The molecule has 120 valence electrons. The van der Waals surface area contributed by atoms with Gasteiger partial charge in [0.25, 0.3) is 0 Å². The maximum atomic E-state index is 13.2. The van der Waals surface area contributed by atoms with E-state index >= 15 is 0 Å². The monoisotopic (exact) mass is 306 g/mol. The van der Waals surface area contributed by atoms with Gasteiger partial charge in [0.1, 0.15) is 5.82 Å². The number of benzene rings is 1. The Hall–Kier alpha value is -1.46. The van der Waals surface area contributed by atoms with Crippen LogP contribution in [0.4, 0.5) is 4.39 Å². The van der Waals surface area contributed by atoms with Gasteiger partial charge >= 0.3 is 0 Å². The number of rotatable bonds is 3. The second kappa shape index (κ2) is 6.75. The highest BCUT2D eigenvalue weighted by atomic mass is 19.1. The standard InChI is InChI=1S/C17H23FN2O2/c18-14-4-1-3-13(11-14)12-17(22)20-9-7-19(8-10-20)15-5-2-6-16(15)21/h1,3-4,11,15-16,21H,2,5-10,12H2/t15-,16-/m1/s1. The first kappa shape index (κ1) is 15.4. The van der Waals surface area contributed by atoms with Crippen molar-refractivity contribution in [1.82, 2.24) is 9.80 Å². The molecule has 0 unspecified atom stereocenters. The van der Waals surface area contributed by atoms with Crippen LogP contribution in [0.5, 0.6) is 0 Å². The molecule has 2 atom stereocenters. The average molecular weight is 306 g/mol. The summed E-state index contributed by atoms with van der Waals surface area (Å²) in [5.41, 5.74) is 0.721. The van der Waals surface area contributed by atoms with Crippen molar-refractivity contribution in [3.8, 4) is 0 Å². The van der Waals surface area contributed by atoms with E-state index in [9.17, 15) is 14.3 Å². The third-order valence-corrected chi connectivity index (χ3v) is 4.82. The molecule has 1 saturated carbocycles. The summed E-state index contributed by atoms with van der Waals surface area (Å²) in [6, 6.07) is 6.49. The Morgan fingerprint density at radius 3 is 2.64 bits per heavy atom. The van der Waals surface area contributed by atoms with E-state index in [0.717, 1.165) is 37.9 Å². The Morgan fingerprint density at radius 1 is 1.23 bits per heavy atom. The van der Waals surface area contributed by atoms with Crippen molar-refractivity contribution < 1.29 is 14.3 Å². The van der Waals surface area contributed by atoms with E-state index in [1.54, 1.807) is 12.1 Å². The van der Waals surface area contributed by atoms with E-state index in [2.05, 4.69) is 4.90 Å². The first-order chi connectivity index (χ1) is 10.6. The quantitative estimate of drug-likeness (QED) is 0.919. The molecule has 1 heterocycles. The molecular weight excluding hydrogens is 283 g/mol. The molecule has 1 aromatic carbocycles. The van der Waals surface area contributed by atoms with E-state index in [1.165, 1.54) is 12.1 Å². The van der Waals surface area contributed by atoms with E-state index in [0.29, 0.717) is 13.1 Å². The van der Waals surface area contributed by atoms with Crippen LogP contribution in [-0.4, -0.2) is 59.1 Å². The summed E-state index contributed by atoms with van der Waals surface area (Å²) >= 11 is 0. The van der Waals surface area contributed by atoms with Crippen LogP contribution in [0.1, 0.15) is 24.8 Å². The van der Waals surface area contributed by atoms with Gasteiger partial charge in [0.15, 0.2) is 0 Å². The van der Waals surface area contributed by atoms with Gasteiger partial charge in [0, 0.05) is 32.2 Å². The van der Waals surface area contributed by atoms with Gasteiger partial charge in [-0.2, -0.15) is 0 Å². The van der Waals surface area contributed by atoms with Gasteiger partial charge < -0.3 is 10.0 Å². The Balaban J connectivity index is 1.51. The van der Waals surface area contributed by atoms with Crippen LogP contribution in [0.3, 0.4) is 0 Å². The number of carbonyl (C=O) groups is 1. The Morgan fingerprint density at radius 2 is 2.00 bits per heavy atom. The zero-order chi connectivity index (χ0) is 15.5. The Bertz CT molecular complexity index is 529. The first-order valence-electron chi connectivity index (χ1n) is 8.08. The molecule has 4 nitrogen and oxygen atoms in total. The van der Waals surface area contributed by atoms with Crippen LogP contribution in [0, 0.1) is 5.82 Å². The van der Waals surface area contributed by atoms with Gasteiger partial charge in [-0.15, -0.1) is 0 Å². The number of piperazine rings is 1. The fourth-order valence-electron chi connectivity index (χ4n) is 3.58. The fraction of sp³-hybridized carbons (Fsp3) is 0.588. The lowest BCUT2D eigenvalue weighted by molar-refractivity contribution is -0.132. The average Bonchev–Trinajstić information content (AvgIpc) is 2.93. The number of halogens is 1. The minimum Gasteiger partial charge on any atom is -0.391 e. The minimum atomic E-state index is -0.301. The van der Waals surface area contributed by atoms with Gasteiger partial charge in [-0.1, -0.05) is 12.1 Å². The Labute approximate surface area is 130 Å². The smallest absolute Gasteiger partial charge is 0.227 e. The van der Waals surface area contributed by atoms with Crippen molar-refractivity contribution in [3.63, 3.8) is 0 Å². The number of carbonyl (C=O) groups excluding carboxylic acids is 1. The normalized spacial score (nSPS) is 26.4. The number of amides is 1. The van der Waals surface area contributed by atoms with Crippen LogP contribution >= 0.6 is 0 Å². The highest BCUT2D eigenvalue weighted by molar-refractivity contribution is 5.78. The van der Waals surface area contributed by atoms with Crippen molar-refractivity contribution >= 4 is 5.91 Å². The van der Waals surface area contributed by atoms with Crippen LogP contribution < -0.4 is 0 Å². The molecule has 3 rings (SSSR count). The fourth-order valence-corrected chi connectivity index (χ4v) is 3.58. The van der Waals surface area contributed by atoms with Gasteiger partial charge in [0.2, 0.25) is 5.91 Å². The molecule has 0 bridgehead atoms. The lowest BCUT2D eigenvalue weighted by Crippen LogP contribution is -2.53. The summed E-state index contributed by atoms with van der Waals surface area (Å²) in [7, 11) is 0. The molecule has 1 N–H and O–H groups in total. The van der Waals surface area contributed by atoms with Crippen molar-refractivity contribution in [3.05, 3.63) is 35.6 Å². The summed E-state index contributed by atoms with van der Waals surface area (Å²) in [6.07, 6.45) is 3.07.